The molecule has 1 heterocycles. The van der Waals surface area contributed by atoms with E-state index >= 15 is 0 Å². The molecule has 0 saturated carbocycles. The van der Waals surface area contributed by atoms with Crippen molar-refractivity contribution in [3.63, 3.8) is 0 Å². The third kappa shape index (κ3) is 3.31. The lowest BCUT2D eigenvalue weighted by atomic mass is 10.1. The van der Waals surface area contributed by atoms with Gasteiger partial charge in [-0.1, -0.05) is 11.6 Å². The van der Waals surface area contributed by atoms with Crippen LogP contribution in [0.15, 0.2) is 18.3 Å². The molecule has 0 saturated heterocycles. The zero-order valence-electron chi connectivity index (χ0n) is 12.3. The van der Waals surface area contributed by atoms with E-state index in [9.17, 15) is 4.79 Å². The molecule has 1 aromatic carbocycles. The quantitative estimate of drug-likeness (QED) is 0.945. The Kier molecular flexibility index (Phi) is 4.43. The first kappa shape index (κ1) is 15.3. The Morgan fingerprint density at radius 2 is 2.00 bits per heavy atom. The number of hydrogen-bond acceptors (Lipinski definition) is 4. The number of anilines is 1. The Morgan fingerprint density at radius 3 is 2.62 bits per heavy atom. The first-order chi connectivity index (χ1) is 9.92. The van der Waals surface area contributed by atoms with Crippen molar-refractivity contribution in [3.05, 3.63) is 46.0 Å². The summed E-state index contributed by atoms with van der Waals surface area (Å²) in [6.45, 7) is 5.41. The maximum absolute atomic E-state index is 12.3. The Labute approximate surface area is 128 Å². The molecule has 2 aromatic rings. The molecule has 1 aromatic heterocycles. The monoisotopic (exact) mass is 305 g/mol. The number of carbonyl (C=O) groups is 1. The Morgan fingerprint density at radius 1 is 1.29 bits per heavy atom. The standard InChI is InChI=1S/C15H16ClN3O2/c1-8-5-13(14(21-4)6-12(8)16)19-15(20)11-7-17-10(3)18-9(11)2/h5-7H,1-4H3,(H,19,20). The first-order valence-corrected chi connectivity index (χ1v) is 6.76. The molecule has 1 N–H and O–H groups in total. The number of methoxy groups -OCH3 is 1. The fourth-order valence-electron chi connectivity index (χ4n) is 1.93. The maximum atomic E-state index is 12.3. The number of hydrogen-bond donors (Lipinski definition) is 1. The summed E-state index contributed by atoms with van der Waals surface area (Å²) < 4.78 is 5.24. The predicted molar refractivity (Wildman–Crippen MR) is 82.2 cm³/mol. The van der Waals surface area contributed by atoms with Crippen molar-refractivity contribution in [3.8, 4) is 5.75 Å². The van der Waals surface area contributed by atoms with Crippen LogP contribution >= 0.6 is 11.6 Å². The average molecular weight is 306 g/mol. The van der Waals surface area contributed by atoms with Crippen molar-refractivity contribution in [1.82, 2.24) is 9.97 Å². The lowest BCUT2D eigenvalue weighted by molar-refractivity contribution is 0.102. The SMILES string of the molecule is COc1cc(Cl)c(C)cc1NC(=O)c1cnc(C)nc1C. The minimum absolute atomic E-state index is 0.285. The highest BCUT2D eigenvalue weighted by Gasteiger charge is 2.14. The fourth-order valence-corrected chi connectivity index (χ4v) is 2.08. The van der Waals surface area contributed by atoms with Crippen molar-refractivity contribution in [2.24, 2.45) is 0 Å². The average Bonchev–Trinajstić information content (AvgIpc) is 2.42. The number of aryl methyl sites for hydroxylation is 3. The highest BCUT2D eigenvalue weighted by atomic mass is 35.5. The van der Waals surface area contributed by atoms with E-state index in [1.165, 1.54) is 13.3 Å². The van der Waals surface area contributed by atoms with E-state index in [-0.39, 0.29) is 5.91 Å². The number of carbonyl (C=O) groups excluding carboxylic acids is 1. The van der Waals surface area contributed by atoms with E-state index in [2.05, 4.69) is 15.3 Å². The van der Waals surface area contributed by atoms with Crippen molar-refractivity contribution in [2.45, 2.75) is 20.8 Å². The van der Waals surface area contributed by atoms with Crippen molar-refractivity contribution in [1.29, 1.82) is 0 Å². The van der Waals surface area contributed by atoms with Gasteiger partial charge >= 0.3 is 0 Å². The van der Waals surface area contributed by atoms with Crippen LogP contribution < -0.4 is 10.1 Å². The molecule has 0 spiro atoms. The van der Waals surface area contributed by atoms with E-state index in [1.807, 2.05) is 6.92 Å². The van der Waals surface area contributed by atoms with Gasteiger partial charge in [0.05, 0.1) is 24.1 Å². The van der Waals surface area contributed by atoms with Crippen molar-refractivity contribution in [2.75, 3.05) is 12.4 Å². The van der Waals surface area contributed by atoms with Crippen LogP contribution in [0.25, 0.3) is 0 Å². The van der Waals surface area contributed by atoms with Gasteiger partial charge in [-0.15, -0.1) is 0 Å². The number of ether oxygens (including phenoxy) is 1. The molecule has 5 nitrogen and oxygen atoms in total. The van der Waals surface area contributed by atoms with Crippen LogP contribution in [0.5, 0.6) is 5.75 Å². The van der Waals surface area contributed by atoms with Gasteiger partial charge in [-0.05, 0) is 32.4 Å². The van der Waals surface area contributed by atoms with Gasteiger partial charge in [0.25, 0.3) is 5.91 Å². The van der Waals surface area contributed by atoms with Gasteiger partial charge in [-0.3, -0.25) is 4.79 Å². The van der Waals surface area contributed by atoms with Gasteiger partial charge in [0.15, 0.2) is 0 Å². The van der Waals surface area contributed by atoms with E-state index in [4.69, 9.17) is 16.3 Å². The molecule has 6 heteroatoms. The minimum atomic E-state index is -0.285. The van der Waals surface area contributed by atoms with E-state index in [0.29, 0.717) is 33.5 Å². The number of benzene rings is 1. The van der Waals surface area contributed by atoms with E-state index in [1.54, 1.807) is 26.0 Å². The summed E-state index contributed by atoms with van der Waals surface area (Å²) in [6, 6.07) is 3.44. The maximum Gasteiger partial charge on any atom is 0.259 e. The van der Waals surface area contributed by atoms with Gasteiger partial charge in [0.1, 0.15) is 11.6 Å². The van der Waals surface area contributed by atoms with Gasteiger partial charge in [0.2, 0.25) is 0 Å². The summed E-state index contributed by atoms with van der Waals surface area (Å²) in [6.07, 6.45) is 1.52. The Hall–Kier alpha value is -2.14. The number of nitrogens with one attached hydrogen (secondary N) is 1. The van der Waals surface area contributed by atoms with Crippen LogP contribution in [0, 0.1) is 20.8 Å². The van der Waals surface area contributed by atoms with Gasteiger partial charge in [0, 0.05) is 17.3 Å². The van der Waals surface area contributed by atoms with Crippen LogP contribution in [0.2, 0.25) is 5.02 Å². The molecular formula is C15H16ClN3O2. The van der Waals surface area contributed by atoms with Gasteiger partial charge in [-0.25, -0.2) is 9.97 Å². The second-order valence-electron chi connectivity index (χ2n) is 4.67. The van der Waals surface area contributed by atoms with E-state index < -0.39 is 0 Å². The number of aromatic nitrogens is 2. The molecule has 0 bridgehead atoms. The summed E-state index contributed by atoms with van der Waals surface area (Å²) in [5.41, 5.74) is 2.47. The third-order valence-corrected chi connectivity index (χ3v) is 3.48. The lowest BCUT2D eigenvalue weighted by Crippen LogP contribution is -2.15. The molecule has 0 aliphatic rings. The largest absolute Gasteiger partial charge is 0.495 e. The molecule has 0 aliphatic heterocycles. The summed E-state index contributed by atoms with van der Waals surface area (Å²) in [5.74, 6) is 0.848. The number of nitrogens with zero attached hydrogens (tertiary/aromatic N) is 2. The zero-order chi connectivity index (χ0) is 15.6. The normalized spacial score (nSPS) is 10.3. The highest BCUT2D eigenvalue weighted by Crippen LogP contribution is 2.31. The molecule has 0 aliphatic carbocycles. The van der Waals surface area contributed by atoms with Crippen LogP contribution in [0.1, 0.15) is 27.4 Å². The highest BCUT2D eigenvalue weighted by molar-refractivity contribution is 6.31. The molecule has 0 fully saturated rings. The molecule has 0 atom stereocenters. The second kappa shape index (κ2) is 6.10. The fraction of sp³-hybridized carbons (Fsp3) is 0.267. The van der Waals surface area contributed by atoms with Crippen LogP contribution in [-0.4, -0.2) is 23.0 Å². The topological polar surface area (TPSA) is 64.1 Å². The smallest absolute Gasteiger partial charge is 0.259 e. The van der Waals surface area contributed by atoms with Crippen LogP contribution in [0.4, 0.5) is 5.69 Å². The first-order valence-electron chi connectivity index (χ1n) is 6.38. The summed E-state index contributed by atoms with van der Waals surface area (Å²) in [7, 11) is 1.52. The van der Waals surface area contributed by atoms with Crippen LogP contribution in [-0.2, 0) is 0 Å². The van der Waals surface area contributed by atoms with Crippen molar-refractivity contribution >= 4 is 23.2 Å². The van der Waals surface area contributed by atoms with Gasteiger partial charge < -0.3 is 10.1 Å². The molecule has 2 rings (SSSR count). The Balaban J connectivity index is 2.33. The zero-order valence-corrected chi connectivity index (χ0v) is 13.1. The minimum Gasteiger partial charge on any atom is -0.495 e. The molecule has 21 heavy (non-hydrogen) atoms. The molecule has 110 valence electrons. The van der Waals surface area contributed by atoms with E-state index in [0.717, 1.165) is 5.56 Å². The van der Waals surface area contributed by atoms with Gasteiger partial charge in [-0.2, -0.15) is 0 Å². The molecular weight excluding hydrogens is 290 g/mol. The number of rotatable bonds is 3. The summed E-state index contributed by atoms with van der Waals surface area (Å²) in [4.78, 5) is 20.6. The molecule has 1 amide bonds. The summed E-state index contributed by atoms with van der Waals surface area (Å²) >= 11 is 6.05. The molecule has 0 unspecified atom stereocenters. The van der Waals surface area contributed by atoms with Crippen molar-refractivity contribution < 1.29 is 9.53 Å². The third-order valence-electron chi connectivity index (χ3n) is 3.07. The molecule has 0 radical (unpaired) electrons. The second-order valence-corrected chi connectivity index (χ2v) is 5.08. The number of halogens is 1. The number of amides is 1. The van der Waals surface area contributed by atoms with Crippen LogP contribution in [0.3, 0.4) is 0 Å². The Bertz CT molecular complexity index is 702. The predicted octanol–water partition coefficient (Wildman–Crippen LogP) is 3.32. The lowest BCUT2D eigenvalue weighted by Gasteiger charge is -2.13. The summed E-state index contributed by atoms with van der Waals surface area (Å²) in [5, 5.41) is 3.39.